The molecular formula is C14H16N2O4S. The number of aromatic nitrogens is 1. The zero-order valence-corrected chi connectivity index (χ0v) is 12.7. The summed E-state index contributed by atoms with van der Waals surface area (Å²) < 4.78 is 29.6. The van der Waals surface area contributed by atoms with Crippen LogP contribution >= 0.6 is 0 Å². The minimum absolute atomic E-state index is 0.332. The third-order valence-electron chi connectivity index (χ3n) is 3.83. The Hall–Kier alpha value is -1.86. The standard InChI is InChI=1S/C14H16N2O4S/c1-20-14(17)9-3-4-12-10(7-9)11-8-16(21(2,18)19)6-5-13(11)15-12/h3-4,7,15H,5-6,8H2,1-2H3. The van der Waals surface area contributed by atoms with Crippen molar-refractivity contribution in [1.82, 2.24) is 9.29 Å². The summed E-state index contributed by atoms with van der Waals surface area (Å²) >= 11 is 0. The van der Waals surface area contributed by atoms with E-state index in [9.17, 15) is 13.2 Å². The molecule has 1 aromatic heterocycles. The molecule has 0 amide bonds. The van der Waals surface area contributed by atoms with E-state index in [4.69, 9.17) is 4.74 Å². The fourth-order valence-corrected chi connectivity index (χ4v) is 3.50. The average Bonchev–Trinajstić information content (AvgIpc) is 2.82. The van der Waals surface area contributed by atoms with Gasteiger partial charge in [-0.3, -0.25) is 0 Å². The van der Waals surface area contributed by atoms with E-state index in [0.29, 0.717) is 25.1 Å². The van der Waals surface area contributed by atoms with Crippen LogP contribution in [0.4, 0.5) is 0 Å². The van der Waals surface area contributed by atoms with Gasteiger partial charge in [0.1, 0.15) is 0 Å². The molecule has 112 valence electrons. The maximum Gasteiger partial charge on any atom is 0.337 e. The molecule has 0 saturated heterocycles. The van der Waals surface area contributed by atoms with Crippen molar-refractivity contribution in [2.24, 2.45) is 0 Å². The quantitative estimate of drug-likeness (QED) is 0.847. The second kappa shape index (κ2) is 4.85. The van der Waals surface area contributed by atoms with Crippen molar-refractivity contribution in [2.75, 3.05) is 19.9 Å². The molecule has 0 fully saturated rings. The number of hydrogen-bond donors (Lipinski definition) is 1. The summed E-state index contributed by atoms with van der Waals surface area (Å²) in [5, 5.41) is 0.876. The normalized spacial score (nSPS) is 15.9. The number of fused-ring (bicyclic) bond motifs is 3. The molecule has 1 aromatic carbocycles. The highest BCUT2D eigenvalue weighted by molar-refractivity contribution is 7.88. The minimum Gasteiger partial charge on any atom is -0.465 e. The number of nitrogens with one attached hydrogen (secondary N) is 1. The number of carbonyl (C=O) groups is 1. The summed E-state index contributed by atoms with van der Waals surface area (Å²) in [5.41, 5.74) is 3.34. The van der Waals surface area contributed by atoms with E-state index in [-0.39, 0.29) is 0 Å². The molecule has 7 heteroatoms. The largest absolute Gasteiger partial charge is 0.465 e. The van der Waals surface area contributed by atoms with Gasteiger partial charge in [-0.25, -0.2) is 13.2 Å². The molecule has 21 heavy (non-hydrogen) atoms. The van der Waals surface area contributed by atoms with Crippen molar-refractivity contribution in [2.45, 2.75) is 13.0 Å². The Morgan fingerprint density at radius 1 is 1.38 bits per heavy atom. The minimum atomic E-state index is -3.22. The van der Waals surface area contributed by atoms with Gasteiger partial charge in [-0.2, -0.15) is 4.31 Å². The molecule has 1 N–H and O–H groups in total. The Morgan fingerprint density at radius 2 is 2.14 bits per heavy atom. The van der Waals surface area contributed by atoms with Gasteiger partial charge in [0.15, 0.2) is 0 Å². The average molecular weight is 308 g/mol. The Balaban J connectivity index is 2.10. The number of methoxy groups -OCH3 is 1. The number of carbonyl (C=O) groups excluding carboxylic acids is 1. The number of aromatic amines is 1. The van der Waals surface area contributed by atoms with Crippen LogP contribution in [0.2, 0.25) is 0 Å². The molecule has 0 aliphatic carbocycles. The lowest BCUT2D eigenvalue weighted by Crippen LogP contribution is -2.34. The molecule has 0 radical (unpaired) electrons. The van der Waals surface area contributed by atoms with Gasteiger partial charge in [-0.15, -0.1) is 0 Å². The molecule has 3 rings (SSSR count). The number of rotatable bonds is 2. The highest BCUT2D eigenvalue weighted by atomic mass is 32.2. The monoisotopic (exact) mass is 308 g/mol. The van der Waals surface area contributed by atoms with E-state index < -0.39 is 16.0 Å². The number of sulfonamides is 1. The van der Waals surface area contributed by atoms with E-state index in [1.165, 1.54) is 17.7 Å². The predicted molar refractivity (Wildman–Crippen MR) is 78.6 cm³/mol. The SMILES string of the molecule is COC(=O)c1ccc2[nH]c3c(c2c1)CN(S(C)(=O)=O)CC3. The van der Waals surface area contributed by atoms with Crippen LogP contribution < -0.4 is 0 Å². The zero-order chi connectivity index (χ0) is 15.2. The molecule has 0 saturated carbocycles. The number of esters is 1. The molecule has 0 unspecified atom stereocenters. The molecule has 0 atom stereocenters. The van der Waals surface area contributed by atoms with E-state index >= 15 is 0 Å². The lowest BCUT2D eigenvalue weighted by Gasteiger charge is -2.24. The highest BCUT2D eigenvalue weighted by Gasteiger charge is 2.26. The maximum atomic E-state index is 11.7. The lowest BCUT2D eigenvalue weighted by atomic mass is 10.0. The van der Waals surface area contributed by atoms with Gasteiger partial charge in [0.25, 0.3) is 0 Å². The number of hydrogen-bond acceptors (Lipinski definition) is 4. The van der Waals surface area contributed by atoms with Crippen LogP contribution in [0.25, 0.3) is 10.9 Å². The third-order valence-corrected chi connectivity index (χ3v) is 5.08. The first-order chi connectivity index (χ1) is 9.90. The number of ether oxygens (including phenoxy) is 1. The van der Waals surface area contributed by atoms with E-state index in [0.717, 1.165) is 22.2 Å². The molecule has 1 aliphatic rings. The van der Waals surface area contributed by atoms with Gasteiger partial charge in [0.2, 0.25) is 10.0 Å². The fraction of sp³-hybridized carbons (Fsp3) is 0.357. The Morgan fingerprint density at radius 3 is 2.81 bits per heavy atom. The fourth-order valence-electron chi connectivity index (χ4n) is 2.72. The summed E-state index contributed by atoms with van der Waals surface area (Å²) in [7, 11) is -1.88. The number of nitrogens with zero attached hydrogens (tertiary/aromatic N) is 1. The summed E-state index contributed by atoms with van der Waals surface area (Å²) in [5.74, 6) is -0.400. The van der Waals surface area contributed by atoms with Crippen molar-refractivity contribution in [3.63, 3.8) is 0 Å². The zero-order valence-electron chi connectivity index (χ0n) is 11.8. The second-order valence-corrected chi connectivity index (χ2v) is 7.16. The van der Waals surface area contributed by atoms with Crippen molar-refractivity contribution in [1.29, 1.82) is 0 Å². The topological polar surface area (TPSA) is 79.5 Å². The molecule has 2 heterocycles. The Bertz CT molecular complexity index is 823. The predicted octanol–water partition coefficient (Wildman–Crippen LogP) is 1.27. The van der Waals surface area contributed by atoms with Crippen molar-refractivity contribution in [3.05, 3.63) is 35.0 Å². The van der Waals surface area contributed by atoms with Crippen molar-refractivity contribution < 1.29 is 17.9 Å². The lowest BCUT2D eigenvalue weighted by molar-refractivity contribution is 0.0601. The second-order valence-electron chi connectivity index (χ2n) is 5.18. The van der Waals surface area contributed by atoms with Crippen molar-refractivity contribution >= 4 is 26.9 Å². The number of benzene rings is 1. The van der Waals surface area contributed by atoms with E-state index in [1.54, 1.807) is 12.1 Å². The van der Waals surface area contributed by atoms with Crippen LogP contribution in [-0.2, 0) is 27.7 Å². The smallest absolute Gasteiger partial charge is 0.337 e. The van der Waals surface area contributed by atoms with Gasteiger partial charge in [0.05, 0.1) is 18.9 Å². The summed E-state index contributed by atoms with van der Waals surface area (Å²) in [6.07, 6.45) is 1.86. The van der Waals surface area contributed by atoms with Gasteiger partial charge < -0.3 is 9.72 Å². The third kappa shape index (κ3) is 2.43. The number of H-pyrrole nitrogens is 1. The van der Waals surface area contributed by atoms with Gasteiger partial charge in [-0.05, 0) is 23.8 Å². The molecule has 0 spiro atoms. The maximum absolute atomic E-state index is 11.7. The molecule has 6 nitrogen and oxygen atoms in total. The highest BCUT2D eigenvalue weighted by Crippen LogP contribution is 2.29. The van der Waals surface area contributed by atoms with Crippen LogP contribution in [0.15, 0.2) is 18.2 Å². The van der Waals surface area contributed by atoms with Gasteiger partial charge in [0, 0.05) is 36.1 Å². The first-order valence-corrected chi connectivity index (χ1v) is 8.42. The van der Waals surface area contributed by atoms with E-state index in [2.05, 4.69) is 4.98 Å². The molecular weight excluding hydrogens is 292 g/mol. The van der Waals surface area contributed by atoms with Crippen molar-refractivity contribution in [3.8, 4) is 0 Å². The van der Waals surface area contributed by atoms with Crippen LogP contribution in [0.3, 0.4) is 0 Å². The van der Waals surface area contributed by atoms with Crippen LogP contribution in [0, 0.1) is 0 Å². The first kappa shape index (κ1) is 14.1. The van der Waals surface area contributed by atoms with Gasteiger partial charge >= 0.3 is 5.97 Å². The van der Waals surface area contributed by atoms with Crippen LogP contribution in [0.5, 0.6) is 0 Å². The molecule has 0 bridgehead atoms. The van der Waals surface area contributed by atoms with Crippen LogP contribution in [0.1, 0.15) is 21.6 Å². The summed E-state index contributed by atoms with van der Waals surface area (Å²) in [6, 6.07) is 5.28. The Kier molecular flexibility index (Phi) is 3.26. The van der Waals surface area contributed by atoms with Crippen LogP contribution in [-0.4, -0.2) is 43.6 Å². The van der Waals surface area contributed by atoms with Gasteiger partial charge in [-0.1, -0.05) is 0 Å². The molecule has 2 aromatic rings. The first-order valence-electron chi connectivity index (χ1n) is 6.57. The summed E-state index contributed by atoms with van der Waals surface area (Å²) in [4.78, 5) is 14.9. The Labute approximate surface area is 122 Å². The van der Waals surface area contributed by atoms with E-state index in [1.807, 2.05) is 6.07 Å². The molecule has 1 aliphatic heterocycles. The summed E-state index contributed by atoms with van der Waals surface area (Å²) in [6.45, 7) is 0.807.